The fourth-order valence-electron chi connectivity index (χ4n) is 3.92. The number of likely N-dealkylation sites (N-methyl/N-ethyl adjacent to an activating group) is 1. The minimum atomic E-state index is -1.04. The number of carbonyl (C=O) groups is 2. The molecule has 1 heterocycles. The molecule has 3 aromatic carbocycles. The molecule has 4 aromatic rings. The summed E-state index contributed by atoms with van der Waals surface area (Å²) in [5, 5.41) is 13.7. The molecule has 1 atom stereocenters. The van der Waals surface area contributed by atoms with Gasteiger partial charge in [-0.25, -0.2) is 14.8 Å². The zero-order valence-electron chi connectivity index (χ0n) is 22.7. The Morgan fingerprint density at radius 1 is 0.950 bits per heavy atom. The minimum Gasteiger partial charge on any atom is -0.496 e. The van der Waals surface area contributed by atoms with E-state index in [1.807, 2.05) is 44.4 Å². The maximum Gasteiger partial charge on any atom is 0.415 e. The Kier molecular flexibility index (Phi) is 8.93. The van der Waals surface area contributed by atoms with Crippen LogP contribution < -0.4 is 19.7 Å². The van der Waals surface area contributed by atoms with E-state index in [2.05, 4.69) is 15.3 Å². The molecule has 0 aliphatic carbocycles. The third-order valence-electron chi connectivity index (χ3n) is 6.03. The van der Waals surface area contributed by atoms with Gasteiger partial charge < -0.3 is 29.7 Å². The average molecular weight is 542 g/mol. The highest BCUT2D eigenvalue weighted by Gasteiger charge is 2.21. The molecule has 10 heteroatoms. The first kappa shape index (κ1) is 28.1. The van der Waals surface area contributed by atoms with Gasteiger partial charge in [0.2, 0.25) is 5.95 Å². The molecule has 2 N–H and O–H groups in total. The number of ether oxygens (including phenoxy) is 2. The minimum absolute atomic E-state index is 0.0555. The number of aliphatic hydroxyl groups is 1. The number of anilines is 2. The van der Waals surface area contributed by atoms with Gasteiger partial charge in [-0.1, -0.05) is 54.6 Å². The normalized spacial score (nSPS) is 11.3. The molecule has 0 spiro atoms. The first-order valence-corrected chi connectivity index (χ1v) is 12.5. The Morgan fingerprint density at radius 2 is 1.68 bits per heavy atom. The zero-order chi connectivity index (χ0) is 28.6. The summed E-state index contributed by atoms with van der Waals surface area (Å²) in [4.78, 5) is 37.6. The second-order valence-corrected chi connectivity index (χ2v) is 9.19. The number of aromatic nitrogens is 2. The number of benzene rings is 3. The van der Waals surface area contributed by atoms with Crippen molar-refractivity contribution in [3.63, 3.8) is 0 Å². The Hall–Kier alpha value is -4.96. The molecule has 0 saturated heterocycles. The number of aliphatic hydroxyl groups excluding tert-OH is 1. The topological polar surface area (TPSA) is 117 Å². The van der Waals surface area contributed by atoms with Crippen LogP contribution in [0.4, 0.5) is 16.4 Å². The number of para-hydroxylation sites is 1. The quantitative estimate of drug-likeness (QED) is 0.315. The van der Waals surface area contributed by atoms with Gasteiger partial charge in [0.15, 0.2) is 5.75 Å². The molecular formula is C30H31N5O5. The summed E-state index contributed by atoms with van der Waals surface area (Å²) in [7, 11) is 6.67. The zero-order valence-corrected chi connectivity index (χ0v) is 22.7. The van der Waals surface area contributed by atoms with Crippen LogP contribution in [0.3, 0.4) is 0 Å². The van der Waals surface area contributed by atoms with Crippen LogP contribution in [0.2, 0.25) is 0 Å². The Labute approximate surface area is 232 Å². The third kappa shape index (κ3) is 6.72. The first-order chi connectivity index (χ1) is 19.3. The van der Waals surface area contributed by atoms with Crippen molar-refractivity contribution in [3.05, 3.63) is 96.2 Å². The van der Waals surface area contributed by atoms with Crippen molar-refractivity contribution in [2.24, 2.45) is 0 Å². The van der Waals surface area contributed by atoms with Crippen molar-refractivity contribution in [2.45, 2.75) is 6.10 Å². The molecule has 10 nitrogen and oxygen atoms in total. The Balaban J connectivity index is 1.44. The molecule has 0 saturated carbocycles. The molecule has 0 aliphatic rings. The average Bonchev–Trinajstić information content (AvgIpc) is 2.97. The molecule has 0 bridgehead atoms. The highest BCUT2D eigenvalue weighted by Crippen LogP contribution is 2.29. The van der Waals surface area contributed by atoms with Crippen LogP contribution in [-0.2, 0) is 0 Å². The van der Waals surface area contributed by atoms with Crippen molar-refractivity contribution < 1.29 is 24.2 Å². The molecule has 40 heavy (non-hydrogen) atoms. The van der Waals surface area contributed by atoms with Crippen LogP contribution in [-0.4, -0.2) is 66.8 Å². The van der Waals surface area contributed by atoms with Crippen molar-refractivity contribution in [1.29, 1.82) is 0 Å². The largest absolute Gasteiger partial charge is 0.496 e. The molecule has 1 unspecified atom stereocenters. The van der Waals surface area contributed by atoms with Gasteiger partial charge in [-0.05, 0) is 29.8 Å². The van der Waals surface area contributed by atoms with Crippen molar-refractivity contribution in [2.75, 3.05) is 45.0 Å². The van der Waals surface area contributed by atoms with Gasteiger partial charge in [-0.3, -0.25) is 4.79 Å². The molecule has 0 fully saturated rings. The van der Waals surface area contributed by atoms with Gasteiger partial charge in [0.25, 0.3) is 5.91 Å². The lowest BCUT2D eigenvalue weighted by molar-refractivity contribution is 0.102. The second kappa shape index (κ2) is 12.7. The van der Waals surface area contributed by atoms with E-state index in [9.17, 15) is 14.7 Å². The lowest BCUT2D eigenvalue weighted by Crippen LogP contribution is -2.33. The van der Waals surface area contributed by atoms with E-state index in [1.165, 1.54) is 25.3 Å². The van der Waals surface area contributed by atoms with Gasteiger partial charge in [0, 0.05) is 32.4 Å². The highest BCUT2D eigenvalue weighted by atomic mass is 16.6. The monoisotopic (exact) mass is 541 g/mol. The maximum absolute atomic E-state index is 13.0. The standard InChI is InChI=1S/C30H31N5O5/c1-34(2)29-31-18-26(27(33-29)20-11-6-5-7-12-20)40-30(38)35(3)19-24(36)21-13-10-14-22(17-21)32-28(37)23-15-8-9-16-25(23)39-4/h5-18,24,36H,19H2,1-4H3,(H,32,37). The first-order valence-electron chi connectivity index (χ1n) is 12.5. The van der Waals surface area contributed by atoms with Gasteiger partial charge in [0.05, 0.1) is 31.5 Å². The number of hydrogen-bond acceptors (Lipinski definition) is 8. The van der Waals surface area contributed by atoms with Crippen LogP contribution >= 0.6 is 0 Å². The number of carbonyl (C=O) groups excluding carboxylic acids is 2. The summed E-state index contributed by atoms with van der Waals surface area (Å²) in [5.41, 5.74) is 2.63. The smallest absolute Gasteiger partial charge is 0.415 e. The van der Waals surface area contributed by atoms with Crippen LogP contribution in [0.25, 0.3) is 11.3 Å². The van der Waals surface area contributed by atoms with Gasteiger partial charge in [0.1, 0.15) is 11.4 Å². The molecular weight excluding hydrogens is 510 g/mol. The van der Waals surface area contributed by atoms with Crippen molar-refractivity contribution in [1.82, 2.24) is 14.9 Å². The van der Waals surface area contributed by atoms with Crippen LogP contribution in [0.5, 0.6) is 11.5 Å². The molecule has 1 aromatic heterocycles. The number of methoxy groups -OCH3 is 1. The molecule has 0 radical (unpaired) electrons. The number of nitrogens with one attached hydrogen (secondary N) is 1. The highest BCUT2D eigenvalue weighted by molar-refractivity contribution is 6.06. The van der Waals surface area contributed by atoms with Gasteiger partial charge >= 0.3 is 6.09 Å². The molecule has 0 aliphatic heterocycles. The molecule has 2 amide bonds. The van der Waals surface area contributed by atoms with Crippen LogP contribution in [0.15, 0.2) is 85.1 Å². The predicted octanol–water partition coefficient (Wildman–Crippen LogP) is 4.63. The second-order valence-electron chi connectivity index (χ2n) is 9.19. The van der Waals surface area contributed by atoms with Crippen molar-refractivity contribution in [3.8, 4) is 22.8 Å². The fourth-order valence-corrected chi connectivity index (χ4v) is 3.92. The van der Waals surface area contributed by atoms with Crippen LogP contribution in [0, 0.1) is 0 Å². The maximum atomic E-state index is 13.0. The SMILES string of the molecule is COc1ccccc1C(=O)Nc1cccc(C(O)CN(C)C(=O)Oc2cnc(N(C)C)nc2-c2ccccc2)c1. The van der Waals surface area contributed by atoms with E-state index in [1.54, 1.807) is 53.4 Å². The molecule has 206 valence electrons. The summed E-state index contributed by atoms with van der Waals surface area (Å²) in [6, 6.07) is 23.0. The fraction of sp³-hybridized carbons (Fsp3) is 0.200. The summed E-state index contributed by atoms with van der Waals surface area (Å²) in [6.45, 7) is -0.0555. The number of rotatable bonds is 9. The third-order valence-corrected chi connectivity index (χ3v) is 6.03. The van der Waals surface area contributed by atoms with Gasteiger partial charge in [-0.2, -0.15) is 0 Å². The Morgan fingerprint density at radius 3 is 2.40 bits per heavy atom. The van der Waals surface area contributed by atoms with E-state index < -0.39 is 12.2 Å². The van der Waals surface area contributed by atoms with E-state index in [0.29, 0.717) is 34.2 Å². The van der Waals surface area contributed by atoms with E-state index >= 15 is 0 Å². The molecule has 4 rings (SSSR count). The number of amides is 2. The summed E-state index contributed by atoms with van der Waals surface area (Å²) < 4.78 is 10.9. The lowest BCUT2D eigenvalue weighted by Gasteiger charge is -2.22. The van der Waals surface area contributed by atoms with E-state index in [4.69, 9.17) is 9.47 Å². The van der Waals surface area contributed by atoms with Crippen LogP contribution in [0.1, 0.15) is 22.0 Å². The summed E-state index contributed by atoms with van der Waals surface area (Å²) in [6.07, 6.45) is -0.263. The number of hydrogen-bond donors (Lipinski definition) is 2. The number of nitrogens with zero attached hydrogens (tertiary/aromatic N) is 4. The van der Waals surface area contributed by atoms with Gasteiger partial charge in [-0.15, -0.1) is 0 Å². The summed E-state index contributed by atoms with van der Waals surface area (Å²) >= 11 is 0. The summed E-state index contributed by atoms with van der Waals surface area (Å²) in [5.74, 6) is 0.777. The van der Waals surface area contributed by atoms with Crippen molar-refractivity contribution >= 4 is 23.6 Å². The predicted molar refractivity (Wildman–Crippen MR) is 153 cm³/mol. The van der Waals surface area contributed by atoms with E-state index in [-0.39, 0.29) is 18.2 Å². The van der Waals surface area contributed by atoms with E-state index in [0.717, 1.165) is 5.56 Å². The Bertz CT molecular complexity index is 1480. The lowest BCUT2D eigenvalue weighted by atomic mass is 10.1.